The summed E-state index contributed by atoms with van der Waals surface area (Å²) >= 11 is 0. The molecular weight excluding hydrogens is 372 g/mol. The first-order valence-electron chi connectivity index (χ1n) is 9.80. The number of nitrogens with one attached hydrogen (secondary N) is 1. The molecule has 1 aromatic carbocycles. The van der Waals surface area contributed by atoms with E-state index in [1.54, 1.807) is 6.20 Å². The van der Waals surface area contributed by atoms with Gasteiger partial charge >= 0.3 is 0 Å². The van der Waals surface area contributed by atoms with E-state index in [1.165, 1.54) is 0 Å². The van der Waals surface area contributed by atoms with Crippen LogP contribution >= 0.6 is 0 Å². The third-order valence-corrected chi connectivity index (χ3v) is 5.54. The van der Waals surface area contributed by atoms with Crippen LogP contribution in [0.2, 0.25) is 0 Å². The summed E-state index contributed by atoms with van der Waals surface area (Å²) in [5.74, 6) is 2.44. The Hall–Kier alpha value is -3.29. The van der Waals surface area contributed by atoms with Crippen LogP contribution in [0.5, 0.6) is 11.5 Å². The Kier molecular flexibility index (Phi) is 4.46. The Morgan fingerprint density at radius 2 is 2.17 bits per heavy atom. The maximum atomic E-state index is 12.9. The van der Waals surface area contributed by atoms with Crippen molar-refractivity contribution in [1.29, 1.82) is 0 Å². The van der Waals surface area contributed by atoms with Crippen LogP contribution in [0.15, 0.2) is 35.0 Å². The largest absolute Gasteiger partial charge is 0.454 e. The lowest BCUT2D eigenvalue weighted by molar-refractivity contribution is -0.131. The van der Waals surface area contributed by atoms with Gasteiger partial charge in [-0.15, -0.1) is 0 Å². The van der Waals surface area contributed by atoms with Crippen molar-refractivity contribution in [3.8, 4) is 22.8 Å². The van der Waals surface area contributed by atoms with Gasteiger partial charge in [-0.1, -0.05) is 11.2 Å². The van der Waals surface area contributed by atoms with Gasteiger partial charge in [0.05, 0.1) is 29.6 Å². The molecule has 0 radical (unpaired) electrons. The molecule has 1 saturated heterocycles. The number of fused-ring (bicyclic) bond motifs is 1. The zero-order valence-electron chi connectivity index (χ0n) is 16.2. The number of amides is 1. The number of aromatic amines is 1. The first-order valence-corrected chi connectivity index (χ1v) is 9.80. The van der Waals surface area contributed by atoms with Crippen LogP contribution in [-0.2, 0) is 11.2 Å². The third-order valence-electron chi connectivity index (χ3n) is 5.54. The second-order valence-electron chi connectivity index (χ2n) is 7.57. The van der Waals surface area contributed by atoms with Crippen LogP contribution in [-0.4, -0.2) is 46.0 Å². The molecule has 0 saturated carbocycles. The molecule has 5 rings (SSSR count). The Labute approximate surface area is 167 Å². The molecule has 2 aromatic heterocycles. The summed E-state index contributed by atoms with van der Waals surface area (Å²) in [5.41, 5.74) is 3.68. The molecule has 8 heteroatoms. The van der Waals surface area contributed by atoms with Crippen molar-refractivity contribution in [2.45, 2.75) is 32.1 Å². The summed E-state index contributed by atoms with van der Waals surface area (Å²) in [6.07, 6.45) is 4.06. The molecule has 1 atom stereocenters. The molecule has 1 fully saturated rings. The van der Waals surface area contributed by atoms with Crippen LogP contribution in [0.4, 0.5) is 0 Å². The number of piperidine rings is 1. The highest BCUT2D eigenvalue weighted by Gasteiger charge is 2.28. The smallest absolute Gasteiger partial charge is 0.231 e. The fourth-order valence-corrected chi connectivity index (χ4v) is 4.07. The van der Waals surface area contributed by atoms with Gasteiger partial charge in [-0.2, -0.15) is 5.10 Å². The summed E-state index contributed by atoms with van der Waals surface area (Å²) in [6, 6.07) is 7.58. The summed E-state index contributed by atoms with van der Waals surface area (Å²) in [5, 5.41) is 11.3. The highest BCUT2D eigenvalue weighted by molar-refractivity contribution is 5.79. The molecular formula is C21H22N4O4. The van der Waals surface area contributed by atoms with Gasteiger partial charge in [-0.3, -0.25) is 9.89 Å². The average molecular weight is 394 g/mol. The lowest BCUT2D eigenvalue weighted by Crippen LogP contribution is -2.40. The van der Waals surface area contributed by atoms with E-state index in [1.807, 2.05) is 36.1 Å². The topological polar surface area (TPSA) is 93.5 Å². The Morgan fingerprint density at radius 3 is 3.03 bits per heavy atom. The Bertz CT molecular complexity index is 1040. The quantitative estimate of drug-likeness (QED) is 0.731. The molecule has 0 spiro atoms. The molecule has 1 amide bonds. The molecule has 4 heterocycles. The lowest BCUT2D eigenvalue weighted by atomic mass is 9.91. The number of nitrogens with zero attached hydrogens (tertiary/aromatic N) is 3. The number of hydrogen-bond donors (Lipinski definition) is 1. The molecule has 1 N–H and O–H groups in total. The monoisotopic (exact) mass is 394 g/mol. The molecule has 3 aromatic rings. The van der Waals surface area contributed by atoms with Gasteiger partial charge in [0.2, 0.25) is 12.7 Å². The number of carbonyl (C=O) groups excluding carboxylic acids is 1. The molecule has 8 nitrogen and oxygen atoms in total. The van der Waals surface area contributed by atoms with Crippen LogP contribution in [0.3, 0.4) is 0 Å². The van der Waals surface area contributed by atoms with Gasteiger partial charge in [0.25, 0.3) is 0 Å². The molecule has 2 aliphatic rings. The molecule has 0 bridgehead atoms. The van der Waals surface area contributed by atoms with Gasteiger partial charge < -0.3 is 18.9 Å². The second-order valence-corrected chi connectivity index (χ2v) is 7.57. The van der Waals surface area contributed by atoms with Crippen LogP contribution in [0.1, 0.15) is 35.7 Å². The average Bonchev–Trinajstić information content (AvgIpc) is 3.47. The minimum atomic E-state index is 0.116. The zero-order chi connectivity index (χ0) is 19.8. The van der Waals surface area contributed by atoms with Gasteiger partial charge in [0, 0.05) is 25.1 Å². The van der Waals surface area contributed by atoms with Crippen molar-refractivity contribution < 1.29 is 18.8 Å². The van der Waals surface area contributed by atoms with Crippen molar-refractivity contribution >= 4 is 5.91 Å². The van der Waals surface area contributed by atoms with Gasteiger partial charge in [0.15, 0.2) is 17.3 Å². The number of benzene rings is 1. The van der Waals surface area contributed by atoms with Crippen LogP contribution < -0.4 is 9.47 Å². The zero-order valence-corrected chi connectivity index (χ0v) is 16.2. The summed E-state index contributed by atoms with van der Waals surface area (Å²) < 4.78 is 16.2. The van der Waals surface area contributed by atoms with Gasteiger partial charge in [-0.25, -0.2) is 0 Å². The predicted octanol–water partition coefficient (Wildman–Crippen LogP) is 3.05. The first kappa shape index (κ1) is 17.8. The van der Waals surface area contributed by atoms with Crippen molar-refractivity contribution in [2.24, 2.45) is 0 Å². The summed E-state index contributed by atoms with van der Waals surface area (Å²) in [6.45, 7) is 3.55. The number of H-pyrrole nitrogens is 1. The number of aromatic nitrogens is 3. The molecule has 150 valence electrons. The fraction of sp³-hybridized carbons (Fsp3) is 0.381. The van der Waals surface area contributed by atoms with Crippen LogP contribution in [0, 0.1) is 6.92 Å². The van der Waals surface area contributed by atoms with Crippen molar-refractivity contribution in [3.05, 3.63) is 47.4 Å². The van der Waals surface area contributed by atoms with E-state index in [-0.39, 0.29) is 18.6 Å². The van der Waals surface area contributed by atoms with E-state index < -0.39 is 0 Å². The van der Waals surface area contributed by atoms with E-state index in [9.17, 15) is 4.79 Å². The standard InChI is InChI=1S/C21H22N4O4/c1-13-7-18(29-24-13)16-10-22-23-21(16)15-3-2-6-25(11-15)20(26)9-14-4-5-17-19(8-14)28-12-27-17/h4-5,7-8,10,15H,2-3,6,9,11-12H2,1H3,(H,22,23)/t15-/m1/s1. The predicted molar refractivity (Wildman–Crippen MR) is 104 cm³/mol. The Balaban J connectivity index is 1.30. The number of carbonyl (C=O) groups is 1. The van der Waals surface area contributed by atoms with Crippen LogP contribution in [0.25, 0.3) is 11.3 Å². The SMILES string of the molecule is Cc1cc(-c2cn[nH]c2[C@@H]2CCCN(C(=O)Cc3ccc4c(c3)OCO4)C2)on1. The molecule has 2 aliphatic heterocycles. The summed E-state index contributed by atoms with van der Waals surface area (Å²) in [7, 11) is 0. The minimum absolute atomic E-state index is 0.116. The number of rotatable bonds is 4. The maximum absolute atomic E-state index is 12.9. The number of aryl methyl sites for hydroxylation is 1. The molecule has 29 heavy (non-hydrogen) atoms. The molecule has 0 unspecified atom stereocenters. The van der Waals surface area contributed by atoms with E-state index in [2.05, 4.69) is 15.4 Å². The number of hydrogen-bond acceptors (Lipinski definition) is 6. The second kappa shape index (κ2) is 7.27. The van der Waals surface area contributed by atoms with E-state index in [0.29, 0.717) is 24.5 Å². The van der Waals surface area contributed by atoms with Crippen molar-refractivity contribution in [2.75, 3.05) is 19.9 Å². The number of likely N-dealkylation sites (tertiary alicyclic amines) is 1. The number of ether oxygens (including phenoxy) is 2. The normalized spacial score (nSPS) is 18.2. The highest BCUT2D eigenvalue weighted by Crippen LogP contribution is 2.35. The lowest BCUT2D eigenvalue weighted by Gasteiger charge is -2.32. The van der Waals surface area contributed by atoms with Gasteiger partial charge in [-0.05, 0) is 37.5 Å². The van der Waals surface area contributed by atoms with E-state index in [0.717, 1.165) is 47.7 Å². The van der Waals surface area contributed by atoms with Crippen molar-refractivity contribution in [1.82, 2.24) is 20.3 Å². The molecule has 0 aliphatic carbocycles. The fourth-order valence-electron chi connectivity index (χ4n) is 4.07. The van der Waals surface area contributed by atoms with E-state index in [4.69, 9.17) is 14.0 Å². The Morgan fingerprint density at radius 1 is 1.28 bits per heavy atom. The van der Waals surface area contributed by atoms with Crippen molar-refractivity contribution in [3.63, 3.8) is 0 Å². The van der Waals surface area contributed by atoms with E-state index >= 15 is 0 Å². The summed E-state index contributed by atoms with van der Waals surface area (Å²) in [4.78, 5) is 14.9. The third kappa shape index (κ3) is 3.46. The van der Waals surface area contributed by atoms with Gasteiger partial charge in [0.1, 0.15) is 0 Å². The minimum Gasteiger partial charge on any atom is -0.454 e. The highest BCUT2D eigenvalue weighted by atomic mass is 16.7. The maximum Gasteiger partial charge on any atom is 0.231 e. The first-order chi connectivity index (χ1) is 14.2.